The van der Waals surface area contributed by atoms with Gasteiger partial charge in [-0.2, -0.15) is 0 Å². The number of fused-ring (bicyclic) bond motifs is 1. The Bertz CT molecular complexity index is 1120. The second-order valence-corrected chi connectivity index (χ2v) is 6.87. The van der Waals surface area contributed by atoms with Crippen molar-refractivity contribution in [2.24, 2.45) is 0 Å². The van der Waals surface area contributed by atoms with E-state index in [1.807, 2.05) is 31.2 Å². The molecule has 28 heavy (non-hydrogen) atoms. The van der Waals surface area contributed by atoms with Crippen molar-refractivity contribution in [2.75, 3.05) is 12.4 Å². The normalized spacial score (nSPS) is 15.3. The average molecular weight is 378 g/mol. The summed E-state index contributed by atoms with van der Waals surface area (Å²) in [6.07, 6.45) is 0. The fourth-order valence-electron chi connectivity index (χ4n) is 3.88. The largest absolute Gasteiger partial charge is 0.465 e. The third-order valence-electron chi connectivity index (χ3n) is 5.16. The van der Waals surface area contributed by atoms with Crippen LogP contribution in [0, 0.1) is 19.7 Å². The van der Waals surface area contributed by atoms with E-state index in [1.54, 1.807) is 6.92 Å². The summed E-state index contributed by atoms with van der Waals surface area (Å²) in [6.45, 7) is 3.71. The van der Waals surface area contributed by atoms with E-state index in [-0.39, 0.29) is 5.91 Å². The molecular formula is C22H19FN2O3. The molecule has 0 aliphatic carbocycles. The lowest BCUT2D eigenvalue weighted by Gasteiger charge is -2.14. The van der Waals surface area contributed by atoms with Crippen LogP contribution in [0.3, 0.4) is 0 Å². The molecule has 1 unspecified atom stereocenters. The highest BCUT2D eigenvalue weighted by Crippen LogP contribution is 2.44. The van der Waals surface area contributed by atoms with Crippen LogP contribution in [-0.2, 0) is 9.53 Å². The van der Waals surface area contributed by atoms with Crippen molar-refractivity contribution in [2.45, 2.75) is 19.8 Å². The van der Waals surface area contributed by atoms with Crippen molar-refractivity contribution in [1.29, 1.82) is 0 Å². The highest BCUT2D eigenvalue weighted by Gasteiger charge is 2.39. The molecule has 0 spiro atoms. The van der Waals surface area contributed by atoms with Gasteiger partial charge in [0.1, 0.15) is 5.82 Å². The molecule has 0 saturated heterocycles. The Morgan fingerprint density at radius 1 is 1.14 bits per heavy atom. The molecule has 1 aromatic heterocycles. The predicted octanol–water partition coefficient (Wildman–Crippen LogP) is 4.31. The number of benzene rings is 2. The van der Waals surface area contributed by atoms with E-state index < -0.39 is 17.7 Å². The first kappa shape index (κ1) is 18.0. The second-order valence-electron chi connectivity index (χ2n) is 6.87. The zero-order chi connectivity index (χ0) is 20.0. The Morgan fingerprint density at radius 2 is 1.89 bits per heavy atom. The molecule has 2 heterocycles. The molecule has 1 aliphatic rings. The number of rotatable bonds is 3. The van der Waals surface area contributed by atoms with Crippen LogP contribution in [0.15, 0.2) is 42.5 Å². The summed E-state index contributed by atoms with van der Waals surface area (Å²) in [5, 5.41) is 2.79. The molecule has 0 radical (unpaired) electrons. The molecule has 2 N–H and O–H groups in total. The lowest BCUT2D eigenvalue weighted by Crippen LogP contribution is -2.17. The molecule has 4 rings (SSSR count). The number of amides is 1. The van der Waals surface area contributed by atoms with Gasteiger partial charge in [0.15, 0.2) is 0 Å². The van der Waals surface area contributed by atoms with E-state index in [2.05, 4.69) is 10.3 Å². The highest BCUT2D eigenvalue weighted by molar-refractivity contribution is 6.08. The topological polar surface area (TPSA) is 71.2 Å². The Kier molecular flexibility index (Phi) is 4.26. The number of halogens is 1. The number of aromatic amines is 1. The van der Waals surface area contributed by atoms with Crippen LogP contribution in [0.25, 0.3) is 11.3 Å². The number of nitrogens with one attached hydrogen (secondary N) is 2. The van der Waals surface area contributed by atoms with Crippen LogP contribution in [0.5, 0.6) is 0 Å². The van der Waals surface area contributed by atoms with E-state index in [0.29, 0.717) is 33.8 Å². The van der Waals surface area contributed by atoms with Gasteiger partial charge in [0.25, 0.3) is 0 Å². The molecular weight excluding hydrogens is 359 g/mol. The lowest BCUT2D eigenvalue weighted by atomic mass is 9.86. The van der Waals surface area contributed by atoms with Crippen molar-refractivity contribution in [3.63, 3.8) is 0 Å². The van der Waals surface area contributed by atoms with E-state index in [0.717, 1.165) is 11.1 Å². The molecule has 5 nitrogen and oxygen atoms in total. The second kappa shape index (κ2) is 6.64. The maximum Gasteiger partial charge on any atom is 0.340 e. The number of methoxy groups -OCH3 is 1. The van der Waals surface area contributed by atoms with Gasteiger partial charge >= 0.3 is 5.97 Å². The maximum atomic E-state index is 14.0. The van der Waals surface area contributed by atoms with Crippen LogP contribution in [0.1, 0.15) is 38.7 Å². The van der Waals surface area contributed by atoms with Gasteiger partial charge in [-0.1, -0.05) is 24.3 Å². The van der Waals surface area contributed by atoms with Gasteiger partial charge in [0, 0.05) is 22.5 Å². The van der Waals surface area contributed by atoms with Crippen molar-refractivity contribution >= 4 is 17.6 Å². The number of carbonyl (C=O) groups is 2. The molecule has 0 bridgehead atoms. The maximum absolute atomic E-state index is 14.0. The van der Waals surface area contributed by atoms with Crippen molar-refractivity contribution in [3.05, 3.63) is 76.2 Å². The minimum Gasteiger partial charge on any atom is -0.465 e. The zero-order valence-electron chi connectivity index (χ0n) is 15.7. The highest BCUT2D eigenvalue weighted by atomic mass is 19.1. The molecule has 1 atom stereocenters. The van der Waals surface area contributed by atoms with E-state index >= 15 is 0 Å². The summed E-state index contributed by atoms with van der Waals surface area (Å²) in [5.74, 6) is -2.11. The minimum atomic E-state index is -0.820. The third kappa shape index (κ3) is 2.69. The standard InChI is InChI=1S/C22H19FN2O3/c1-11-6-4-5-7-14(11)20-19(17(12(2)24-20)22(27)28-3)18-15-10-13(23)8-9-16(15)25-21(18)26/h4-10,18,24H,1-3H3,(H,25,26). The quantitative estimate of drug-likeness (QED) is 0.667. The Balaban J connectivity index is 2.04. The van der Waals surface area contributed by atoms with Gasteiger partial charge < -0.3 is 15.0 Å². The average Bonchev–Trinajstić information content (AvgIpc) is 3.16. The number of esters is 1. The molecule has 142 valence electrons. The van der Waals surface area contributed by atoms with Crippen LogP contribution in [0.2, 0.25) is 0 Å². The zero-order valence-corrected chi connectivity index (χ0v) is 15.7. The monoisotopic (exact) mass is 378 g/mol. The number of carbonyl (C=O) groups excluding carboxylic acids is 2. The first-order valence-corrected chi connectivity index (χ1v) is 8.89. The molecule has 6 heteroatoms. The van der Waals surface area contributed by atoms with E-state index in [9.17, 15) is 14.0 Å². The SMILES string of the molecule is COC(=O)c1c(C)[nH]c(-c2ccccc2C)c1C1C(=O)Nc2ccc(F)cc21. The van der Waals surface area contributed by atoms with Crippen molar-refractivity contribution in [3.8, 4) is 11.3 Å². The molecule has 0 saturated carbocycles. The summed E-state index contributed by atoms with van der Waals surface area (Å²) in [7, 11) is 1.30. The van der Waals surface area contributed by atoms with Crippen molar-refractivity contribution < 1.29 is 18.7 Å². The number of ether oxygens (including phenoxy) is 1. The number of aromatic nitrogens is 1. The van der Waals surface area contributed by atoms with E-state index in [1.165, 1.54) is 25.3 Å². The molecule has 2 aromatic carbocycles. The third-order valence-corrected chi connectivity index (χ3v) is 5.16. The summed E-state index contributed by atoms with van der Waals surface area (Å²) in [4.78, 5) is 28.7. The predicted molar refractivity (Wildman–Crippen MR) is 104 cm³/mol. The van der Waals surface area contributed by atoms with Crippen LogP contribution in [0.4, 0.5) is 10.1 Å². The van der Waals surface area contributed by atoms with E-state index in [4.69, 9.17) is 4.74 Å². The molecule has 1 aliphatic heterocycles. The van der Waals surface area contributed by atoms with Crippen LogP contribution < -0.4 is 5.32 Å². The number of aryl methyl sites for hydroxylation is 2. The Morgan fingerprint density at radius 3 is 2.61 bits per heavy atom. The molecule has 0 fully saturated rings. The van der Waals surface area contributed by atoms with Gasteiger partial charge in [0.05, 0.1) is 24.3 Å². The van der Waals surface area contributed by atoms with Gasteiger partial charge in [-0.3, -0.25) is 4.79 Å². The van der Waals surface area contributed by atoms with Gasteiger partial charge in [-0.25, -0.2) is 9.18 Å². The Hall–Kier alpha value is -3.41. The fourth-order valence-corrected chi connectivity index (χ4v) is 3.88. The van der Waals surface area contributed by atoms with Crippen LogP contribution >= 0.6 is 0 Å². The minimum absolute atomic E-state index is 0.304. The Labute approximate surface area is 161 Å². The van der Waals surface area contributed by atoms with Gasteiger partial charge in [-0.15, -0.1) is 0 Å². The number of anilines is 1. The summed E-state index contributed by atoms with van der Waals surface area (Å²) in [5.41, 5.74) is 4.96. The first-order chi connectivity index (χ1) is 13.4. The fraction of sp³-hybridized carbons (Fsp3) is 0.182. The lowest BCUT2D eigenvalue weighted by molar-refractivity contribution is -0.116. The number of hydrogen-bond donors (Lipinski definition) is 2. The van der Waals surface area contributed by atoms with Crippen LogP contribution in [-0.4, -0.2) is 24.0 Å². The number of hydrogen-bond acceptors (Lipinski definition) is 3. The first-order valence-electron chi connectivity index (χ1n) is 8.89. The summed E-state index contributed by atoms with van der Waals surface area (Å²) >= 11 is 0. The molecule has 1 amide bonds. The molecule has 3 aromatic rings. The summed E-state index contributed by atoms with van der Waals surface area (Å²) < 4.78 is 18.9. The van der Waals surface area contributed by atoms with Crippen molar-refractivity contribution in [1.82, 2.24) is 4.98 Å². The number of H-pyrrole nitrogens is 1. The van der Waals surface area contributed by atoms with Gasteiger partial charge in [0.2, 0.25) is 5.91 Å². The smallest absolute Gasteiger partial charge is 0.340 e. The summed E-state index contributed by atoms with van der Waals surface area (Å²) in [6, 6.07) is 11.9. The van der Waals surface area contributed by atoms with Gasteiger partial charge in [-0.05, 0) is 43.2 Å².